The van der Waals surface area contributed by atoms with Gasteiger partial charge < -0.3 is 15.2 Å². The summed E-state index contributed by atoms with van der Waals surface area (Å²) in [5.41, 5.74) is 4.29. The van der Waals surface area contributed by atoms with E-state index in [0.29, 0.717) is 17.0 Å². The molecule has 1 saturated heterocycles. The lowest BCUT2D eigenvalue weighted by atomic mass is 10.2. The highest BCUT2D eigenvalue weighted by molar-refractivity contribution is 5.93. The van der Waals surface area contributed by atoms with Gasteiger partial charge >= 0.3 is 0 Å². The van der Waals surface area contributed by atoms with Crippen molar-refractivity contribution in [2.24, 2.45) is 0 Å². The van der Waals surface area contributed by atoms with E-state index in [2.05, 4.69) is 42.5 Å². The highest BCUT2D eigenvalue weighted by Gasteiger charge is 2.13. The van der Waals surface area contributed by atoms with Crippen molar-refractivity contribution in [1.82, 2.24) is 25.1 Å². The van der Waals surface area contributed by atoms with E-state index in [1.807, 2.05) is 6.07 Å². The Morgan fingerprint density at radius 1 is 1.07 bits per heavy atom. The van der Waals surface area contributed by atoms with E-state index in [1.165, 1.54) is 38.1 Å². The first-order chi connectivity index (χ1) is 13.8. The van der Waals surface area contributed by atoms with Gasteiger partial charge in [0, 0.05) is 17.6 Å². The monoisotopic (exact) mass is 378 g/mol. The lowest BCUT2D eigenvalue weighted by molar-refractivity contribution is 0.337. The molecule has 0 bridgehead atoms. The second kappa shape index (κ2) is 7.24. The van der Waals surface area contributed by atoms with Crippen molar-refractivity contribution in [2.45, 2.75) is 19.3 Å². The van der Waals surface area contributed by atoms with Crippen LogP contribution < -0.4 is 5.32 Å². The quantitative estimate of drug-likeness (QED) is 0.441. The van der Waals surface area contributed by atoms with Crippen molar-refractivity contribution < 1.29 is 4.39 Å². The molecule has 0 saturated carbocycles. The third kappa shape index (κ3) is 3.33. The lowest BCUT2D eigenvalue weighted by Crippen LogP contribution is -2.22. The zero-order valence-electron chi connectivity index (χ0n) is 15.6. The molecule has 28 heavy (non-hydrogen) atoms. The standard InChI is InChI=1S/C21H23FN6/c22-14-4-6-16-18(12-14)26-27-20(16)21-24-17-7-5-15(13-19(17)25-21)23-8-3-11-28-9-1-2-10-28/h4-7,12-13,23H,1-3,8-11H2,(H,24,25)(H,26,27). The largest absolute Gasteiger partial charge is 0.385 e. The molecular formula is C21H23FN6. The van der Waals surface area contributed by atoms with Gasteiger partial charge in [-0.3, -0.25) is 5.10 Å². The molecule has 0 spiro atoms. The predicted octanol–water partition coefficient (Wildman–Crippen LogP) is 4.14. The number of halogens is 1. The van der Waals surface area contributed by atoms with Crippen LogP contribution in [0.15, 0.2) is 36.4 Å². The summed E-state index contributed by atoms with van der Waals surface area (Å²) in [5.74, 6) is 0.395. The molecular weight excluding hydrogens is 355 g/mol. The van der Waals surface area contributed by atoms with E-state index in [0.717, 1.165) is 41.6 Å². The van der Waals surface area contributed by atoms with Crippen LogP contribution in [0.3, 0.4) is 0 Å². The van der Waals surface area contributed by atoms with Crippen molar-refractivity contribution in [3.63, 3.8) is 0 Å². The highest BCUT2D eigenvalue weighted by atomic mass is 19.1. The van der Waals surface area contributed by atoms with Gasteiger partial charge in [0.2, 0.25) is 0 Å². The molecule has 1 aliphatic rings. The number of nitrogens with zero attached hydrogens (tertiary/aromatic N) is 3. The fourth-order valence-electron chi connectivity index (χ4n) is 3.95. The van der Waals surface area contributed by atoms with Gasteiger partial charge in [-0.05, 0) is 75.3 Å². The molecule has 6 nitrogen and oxygen atoms in total. The van der Waals surface area contributed by atoms with Crippen LogP contribution in [0.5, 0.6) is 0 Å². The van der Waals surface area contributed by atoms with Crippen LogP contribution in [-0.2, 0) is 0 Å². The van der Waals surface area contributed by atoms with E-state index >= 15 is 0 Å². The van der Waals surface area contributed by atoms with Gasteiger partial charge in [0.25, 0.3) is 0 Å². The summed E-state index contributed by atoms with van der Waals surface area (Å²) < 4.78 is 13.4. The highest BCUT2D eigenvalue weighted by Crippen LogP contribution is 2.27. The SMILES string of the molecule is Fc1ccc2c(-c3nc4ccc(NCCCN5CCCC5)cc4[nH]3)n[nH]c2c1. The van der Waals surface area contributed by atoms with E-state index in [9.17, 15) is 4.39 Å². The summed E-state index contributed by atoms with van der Waals surface area (Å²) in [6.07, 6.45) is 3.82. The van der Waals surface area contributed by atoms with Crippen molar-refractivity contribution in [3.8, 4) is 11.5 Å². The molecule has 0 aliphatic carbocycles. The minimum Gasteiger partial charge on any atom is -0.385 e. The van der Waals surface area contributed by atoms with E-state index in [4.69, 9.17) is 0 Å². The third-order valence-electron chi connectivity index (χ3n) is 5.41. The van der Waals surface area contributed by atoms with E-state index < -0.39 is 0 Å². The van der Waals surface area contributed by atoms with Gasteiger partial charge in [-0.25, -0.2) is 9.37 Å². The summed E-state index contributed by atoms with van der Waals surface area (Å²) in [7, 11) is 0. The van der Waals surface area contributed by atoms with Gasteiger partial charge in [-0.15, -0.1) is 0 Å². The molecule has 2 aromatic heterocycles. The van der Waals surface area contributed by atoms with E-state index in [1.54, 1.807) is 6.07 Å². The Morgan fingerprint density at radius 3 is 2.86 bits per heavy atom. The first-order valence-corrected chi connectivity index (χ1v) is 9.86. The number of fused-ring (bicyclic) bond motifs is 2. The zero-order valence-corrected chi connectivity index (χ0v) is 15.6. The smallest absolute Gasteiger partial charge is 0.159 e. The van der Waals surface area contributed by atoms with Crippen LogP contribution >= 0.6 is 0 Å². The summed E-state index contributed by atoms with van der Waals surface area (Å²) in [6, 6.07) is 10.8. The number of nitrogens with one attached hydrogen (secondary N) is 3. The van der Waals surface area contributed by atoms with Crippen molar-refractivity contribution in [2.75, 3.05) is 31.5 Å². The maximum Gasteiger partial charge on any atom is 0.159 e. The summed E-state index contributed by atoms with van der Waals surface area (Å²) in [5, 5.41) is 11.5. The Balaban J connectivity index is 1.31. The van der Waals surface area contributed by atoms with Gasteiger partial charge in [0.05, 0.1) is 16.6 Å². The minimum atomic E-state index is -0.284. The zero-order chi connectivity index (χ0) is 18.9. The molecule has 1 aliphatic heterocycles. The first-order valence-electron chi connectivity index (χ1n) is 9.86. The lowest BCUT2D eigenvalue weighted by Gasteiger charge is -2.14. The van der Waals surface area contributed by atoms with Crippen molar-refractivity contribution in [3.05, 3.63) is 42.2 Å². The number of hydrogen-bond acceptors (Lipinski definition) is 4. The molecule has 5 rings (SSSR count). The van der Waals surface area contributed by atoms with Crippen LogP contribution in [-0.4, -0.2) is 51.2 Å². The third-order valence-corrected chi connectivity index (χ3v) is 5.41. The maximum absolute atomic E-state index is 13.4. The second-order valence-corrected chi connectivity index (χ2v) is 7.41. The number of aromatic amines is 2. The maximum atomic E-state index is 13.4. The molecule has 0 atom stereocenters. The Kier molecular flexibility index (Phi) is 4.44. The van der Waals surface area contributed by atoms with Crippen LogP contribution in [0.25, 0.3) is 33.5 Å². The van der Waals surface area contributed by atoms with Crippen LogP contribution in [0.2, 0.25) is 0 Å². The molecule has 3 N–H and O–H groups in total. The Labute approximate surface area is 162 Å². The average Bonchev–Trinajstić information content (AvgIpc) is 3.43. The van der Waals surface area contributed by atoms with Crippen molar-refractivity contribution in [1.29, 1.82) is 0 Å². The molecule has 0 amide bonds. The van der Waals surface area contributed by atoms with Crippen molar-refractivity contribution >= 4 is 27.6 Å². The number of benzene rings is 2. The van der Waals surface area contributed by atoms with Crippen LogP contribution in [0.4, 0.5) is 10.1 Å². The number of hydrogen-bond donors (Lipinski definition) is 3. The summed E-state index contributed by atoms with van der Waals surface area (Å²) >= 11 is 0. The molecule has 2 aromatic carbocycles. The molecule has 0 radical (unpaired) electrons. The molecule has 3 heterocycles. The number of aromatic nitrogens is 4. The first kappa shape index (κ1) is 17.2. The fraction of sp³-hybridized carbons (Fsp3) is 0.333. The number of imidazole rings is 1. The second-order valence-electron chi connectivity index (χ2n) is 7.41. The molecule has 4 aromatic rings. The molecule has 144 valence electrons. The predicted molar refractivity (Wildman–Crippen MR) is 110 cm³/mol. The molecule has 7 heteroatoms. The normalized spacial score (nSPS) is 15.0. The fourth-order valence-corrected chi connectivity index (χ4v) is 3.95. The van der Waals surface area contributed by atoms with Gasteiger partial charge in [0.1, 0.15) is 11.5 Å². The number of H-pyrrole nitrogens is 2. The van der Waals surface area contributed by atoms with Crippen LogP contribution in [0.1, 0.15) is 19.3 Å². The summed E-state index contributed by atoms with van der Waals surface area (Å²) in [4.78, 5) is 10.5. The minimum absolute atomic E-state index is 0.284. The summed E-state index contributed by atoms with van der Waals surface area (Å²) in [6.45, 7) is 4.61. The molecule has 1 fully saturated rings. The topological polar surface area (TPSA) is 72.6 Å². The molecule has 0 unspecified atom stereocenters. The van der Waals surface area contributed by atoms with E-state index in [-0.39, 0.29) is 5.82 Å². The number of likely N-dealkylation sites (tertiary alicyclic amines) is 1. The van der Waals surface area contributed by atoms with Gasteiger partial charge in [-0.1, -0.05) is 0 Å². The van der Waals surface area contributed by atoms with Gasteiger partial charge in [-0.2, -0.15) is 5.10 Å². The Bertz CT molecular complexity index is 1110. The Morgan fingerprint density at radius 2 is 1.96 bits per heavy atom. The van der Waals surface area contributed by atoms with Gasteiger partial charge in [0.15, 0.2) is 5.82 Å². The van der Waals surface area contributed by atoms with Crippen LogP contribution in [0, 0.1) is 5.82 Å². The average molecular weight is 378 g/mol. The number of rotatable bonds is 6. The Hall–Kier alpha value is -2.93. The number of anilines is 1.